The number of hydrogen-bond donors (Lipinski definition) is 2. The summed E-state index contributed by atoms with van der Waals surface area (Å²) in [6.45, 7) is 0. The number of nitrogens with zero attached hydrogens (tertiary/aromatic N) is 1. The first-order valence-electron chi connectivity index (χ1n) is 5.86. The molecule has 2 rings (SSSR count). The van der Waals surface area contributed by atoms with Crippen molar-refractivity contribution in [1.82, 2.24) is 4.98 Å². The van der Waals surface area contributed by atoms with E-state index in [9.17, 15) is 13.2 Å². The first kappa shape index (κ1) is 14.8. The van der Waals surface area contributed by atoms with Gasteiger partial charge in [0.15, 0.2) is 0 Å². The Labute approximate surface area is 121 Å². The van der Waals surface area contributed by atoms with Gasteiger partial charge in [-0.2, -0.15) is 0 Å². The van der Waals surface area contributed by atoms with E-state index in [2.05, 4.69) is 9.71 Å². The Morgan fingerprint density at radius 2 is 2.05 bits per heavy atom. The molecule has 1 aromatic carbocycles. The molecule has 0 atom stereocenters. The SMILES string of the molecule is COc1ccc(S(=O)(=O)Nc2ccccn2)cc1C(N)=O. The summed E-state index contributed by atoms with van der Waals surface area (Å²) in [5.41, 5.74) is 5.20. The molecule has 21 heavy (non-hydrogen) atoms. The number of pyridine rings is 1. The van der Waals surface area contributed by atoms with Crippen molar-refractivity contribution in [3.05, 3.63) is 48.2 Å². The monoisotopic (exact) mass is 307 g/mol. The largest absolute Gasteiger partial charge is 0.496 e. The van der Waals surface area contributed by atoms with Gasteiger partial charge < -0.3 is 10.5 Å². The fourth-order valence-electron chi connectivity index (χ4n) is 1.67. The first-order chi connectivity index (χ1) is 9.94. The van der Waals surface area contributed by atoms with Crippen LogP contribution < -0.4 is 15.2 Å². The number of methoxy groups -OCH3 is 1. The topological polar surface area (TPSA) is 111 Å². The number of carbonyl (C=O) groups is 1. The van der Waals surface area contributed by atoms with Gasteiger partial charge in [0.2, 0.25) is 0 Å². The zero-order chi connectivity index (χ0) is 15.5. The lowest BCUT2D eigenvalue weighted by molar-refractivity contribution is 0.0997. The van der Waals surface area contributed by atoms with E-state index in [1.165, 1.54) is 31.5 Å². The zero-order valence-electron chi connectivity index (χ0n) is 11.1. The Morgan fingerprint density at radius 3 is 2.62 bits per heavy atom. The van der Waals surface area contributed by atoms with Gasteiger partial charge in [-0.25, -0.2) is 13.4 Å². The third kappa shape index (κ3) is 3.29. The Morgan fingerprint density at radius 1 is 1.29 bits per heavy atom. The number of amides is 1. The molecule has 0 saturated carbocycles. The van der Waals surface area contributed by atoms with Crippen molar-refractivity contribution in [3.63, 3.8) is 0 Å². The van der Waals surface area contributed by atoms with Crippen LogP contribution in [0.25, 0.3) is 0 Å². The van der Waals surface area contributed by atoms with Crippen LogP contribution in [0.5, 0.6) is 5.75 Å². The predicted octanol–water partition coefficient (Wildman–Crippen LogP) is 0.990. The number of benzene rings is 1. The van der Waals surface area contributed by atoms with Gasteiger partial charge in [0.1, 0.15) is 11.6 Å². The third-order valence-electron chi connectivity index (χ3n) is 2.65. The molecule has 2 aromatic rings. The molecule has 0 fully saturated rings. The molecular formula is C13H13N3O4S. The standard InChI is InChI=1S/C13H13N3O4S/c1-20-11-6-5-9(8-10(11)13(14)17)21(18,19)16-12-4-2-3-7-15-12/h2-8H,1H3,(H2,14,17)(H,15,16). The van der Waals surface area contributed by atoms with Crippen LogP contribution in [0, 0.1) is 0 Å². The normalized spacial score (nSPS) is 10.9. The van der Waals surface area contributed by atoms with Gasteiger partial charge in [-0.3, -0.25) is 9.52 Å². The molecule has 0 bridgehead atoms. The van der Waals surface area contributed by atoms with E-state index in [0.717, 1.165) is 6.07 Å². The summed E-state index contributed by atoms with van der Waals surface area (Å²) in [7, 11) is -2.51. The lowest BCUT2D eigenvalue weighted by atomic mass is 10.2. The quantitative estimate of drug-likeness (QED) is 0.855. The van der Waals surface area contributed by atoms with E-state index in [-0.39, 0.29) is 22.0 Å². The summed E-state index contributed by atoms with van der Waals surface area (Å²) >= 11 is 0. The van der Waals surface area contributed by atoms with Gasteiger partial charge in [0.05, 0.1) is 17.6 Å². The molecule has 8 heteroatoms. The minimum atomic E-state index is -3.87. The minimum absolute atomic E-state index is 0.0126. The third-order valence-corrected chi connectivity index (χ3v) is 4.00. The lowest BCUT2D eigenvalue weighted by Crippen LogP contribution is -2.17. The Hall–Kier alpha value is -2.61. The Kier molecular flexibility index (Phi) is 4.08. The van der Waals surface area contributed by atoms with Crippen LogP contribution >= 0.6 is 0 Å². The van der Waals surface area contributed by atoms with Crippen molar-refractivity contribution in [2.24, 2.45) is 5.73 Å². The van der Waals surface area contributed by atoms with Gasteiger partial charge in [-0.05, 0) is 30.3 Å². The molecule has 0 spiro atoms. The molecular weight excluding hydrogens is 294 g/mol. The molecule has 0 radical (unpaired) electrons. The second kappa shape index (κ2) is 5.80. The molecule has 1 heterocycles. The van der Waals surface area contributed by atoms with Crippen molar-refractivity contribution in [1.29, 1.82) is 0 Å². The van der Waals surface area contributed by atoms with E-state index in [4.69, 9.17) is 10.5 Å². The highest BCUT2D eigenvalue weighted by atomic mass is 32.2. The van der Waals surface area contributed by atoms with E-state index in [1.807, 2.05) is 0 Å². The fraction of sp³-hybridized carbons (Fsp3) is 0.0769. The molecule has 0 aliphatic rings. The fourth-order valence-corrected chi connectivity index (χ4v) is 2.70. The Bertz CT molecular complexity index is 760. The summed E-state index contributed by atoms with van der Waals surface area (Å²) in [5.74, 6) is -0.394. The van der Waals surface area contributed by atoms with Crippen molar-refractivity contribution in [2.45, 2.75) is 4.90 Å². The number of primary amides is 1. The highest BCUT2D eigenvalue weighted by Gasteiger charge is 2.19. The predicted molar refractivity (Wildman–Crippen MR) is 76.6 cm³/mol. The van der Waals surface area contributed by atoms with Gasteiger partial charge >= 0.3 is 0 Å². The van der Waals surface area contributed by atoms with Crippen LogP contribution in [0.3, 0.4) is 0 Å². The summed E-state index contributed by atoms with van der Waals surface area (Å²) in [6.07, 6.45) is 1.46. The smallest absolute Gasteiger partial charge is 0.263 e. The molecule has 3 N–H and O–H groups in total. The summed E-state index contributed by atoms with van der Waals surface area (Å²) in [5, 5.41) is 0. The molecule has 0 unspecified atom stereocenters. The van der Waals surface area contributed by atoms with Gasteiger partial charge in [-0.1, -0.05) is 6.07 Å². The van der Waals surface area contributed by atoms with Gasteiger partial charge in [0, 0.05) is 6.20 Å². The number of nitrogens with one attached hydrogen (secondary N) is 1. The van der Waals surface area contributed by atoms with Crippen molar-refractivity contribution in [3.8, 4) is 5.75 Å². The van der Waals surface area contributed by atoms with E-state index in [1.54, 1.807) is 12.1 Å². The maximum atomic E-state index is 12.2. The second-order valence-electron chi connectivity index (χ2n) is 4.05. The summed E-state index contributed by atoms with van der Waals surface area (Å²) < 4.78 is 31.7. The maximum absolute atomic E-state index is 12.2. The molecule has 0 saturated heterocycles. The van der Waals surface area contributed by atoms with Crippen LogP contribution in [0.4, 0.5) is 5.82 Å². The van der Waals surface area contributed by atoms with Gasteiger partial charge in [-0.15, -0.1) is 0 Å². The van der Waals surface area contributed by atoms with Gasteiger partial charge in [0.25, 0.3) is 15.9 Å². The molecule has 1 aromatic heterocycles. The van der Waals surface area contributed by atoms with E-state index in [0.29, 0.717) is 0 Å². The number of anilines is 1. The number of nitrogens with two attached hydrogens (primary N) is 1. The molecule has 110 valence electrons. The average molecular weight is 307 g/mol. The number of carbonyl (C=O) groups excluding carboxylic acids is 1. The maximum Gasteiger partial charge on any atom is 0.263 e. The number of hydrogen-bond acceptors (Lipinski definition) is 5. The van der Waals surface area contributed by atoms with Crippen molar-refractivity contribution < 1.29 is 17.9 Å². The number of ether oxygens (including phenoxy) is 1. The summed E-state index contributed by atoms with van der Waals surface area (Å²) in [6, 6.07) is 8.66. The van der Waals surface area contributed by atoms with Crippen LogP contribution in [0.15, 0.2) is 47.5 Å². The highest BCUT2D eigenvalue weighted by molar-refractivity contribution is 7.92. The van der Waals surface area contributed by atoms with E-state index < -0.39 is 15.9 Å². The van der Waals surface area contributed by atoms with E-state index >= 15 is 0 Å². The van der Waals surface area contributed by atoms with Crippen LogP contribution in [-0.4, -0.2) is 26.4 Å². The van der Waals surface area contributed by atoms with Crippen molar-refractivity contribution >= 4 is 21.7 Å². The van der Waals surface area contributed by atoms with Crippen molar-refractivity contribution in [2.75, 3.05) is 11.8 Å². The molecule has 0 aliphatic heterocycles. The molecule has 7 nitrogen and oxygen atoms in total. The van der Waals surface area contributed by atoms with Crippen LogP contribution in [0.1, 0.15) is 10.4 Å². The first-order valence-corrected chi connectivity index (χ1v) is 7.34. The van der Waals surface area contributed by atoms with Crippen LogP contribution in [0.2, 0.25) is 0 Å². The van der Waals surface area contributed by atoms with Crippen LogP contribution in [-0.2, 0) is 10.0 Å². The number of rotatable bonds is 5. The number of sulfonamides is 1. The average Bonchev–Trinajstić information content (AvgIpc) is 2.47. The number of aromatic nitrogens is 1. The zero-order valence-corrected chi connectivity index (χ0v) is 11.9. The molecule has 1 amide bonds. The highest BCUT2D eigenvalue weighted by Crippen LogP contribution is 2.23. The lowest BCUT2D eigenvalue weighted by Gasteiger charge is -2.10. The molecule has 0 aliphatic carbocycles. The Balaban J connectivity index is 2.41. The second-order valence-corrected chi connectivity index (χ2v) is 5.73. The summed E-state index contributed by atoms with van der Waals surface area (Å²) in [4.78, 5) is 15.1. The minimum Gasteiger partial charge on any atom is -0.496 e.